The second kappa shape index (κ2) is 10.4. The van der Waals surface area contributed by atoms with E-state index in [9.17, 15) is 14.7 Å². The molecule has 0 atom stereocenters. The van der Waals surface area contributed by atoms with Crippen molar-refractivity contribution in [1.82, 2.24) is 0 Å². The number of amides is 1. The van der Waals surface area contributed by atoms with E-state index in [1.54, 1.807) is 49.0 Å². The van der Waals surface area contributed by atoms with Gasteiger partial charge in [0.25, 0.3) is 5.91 Å². The zero-order chi connectivity index (χ0) is 22.4. The van der Waals surface area contributed by atoms with Gasteiger partial charge in [-0.2, -0.15) is 0 Å². The van der Waals surface area contributed by atoms with E-state index in [1.807, 2.05) is 30.5 Å². The molecule has 0 spiro atoms. The summed E-state index contributed by atoms with van der Waals surface area (Å²) in [5.74, 6) is -0.902. The van der Waals surface area contributed by atoms with E-state index >= 15 is 0 Å². The number of hydrogen-bond donors (Lipinski definition) is 1. The number of carbonyl (C=O) groups excluding carboxylic acids is 2. The molecule has 0 unspecified atom stereocenters. The van der Waals surface area contributed by atoms with Crippen LogP contribution in [0.2, 0.25) is 0 Å². The van der Waals surface area contributed by atoms with Gasteiger partial charge in [0.05, 0.1) is 18.6 Å². The first kappa shape index (κ1) is 22.7. The molecule has 0 bridgehead atoms. The van der Waals surface area contributed by atoms with Crippen LogP contribution in [0, 0.1) is 0 Å². The summed E-state index contributed by atoms with van der Waals surface area (Å²) < 4.78 is 10.2. The Hall–Kier alpha value is -2.97. The van der Waals surface area contributed by atoms with Crippen molar-refractivity contribution in [2.75, 3.05) is 20.0 Å². The van der Waals surface area contributed by atoms with Gasteiger partial charge in [-0.25, -0.2) is 9.79 Å². The molecule has 1 heterocycles. The number of methoxy groups -OCH3 is 1. The molecule has 2 aromatic rings. The van der Waals surface area contributed by atoms with E-state index in [0.29, 0.717) is 16.2 Å². The molecule has 1 aliphatic heterocycles. The number of aliphatic hydroxyl groups excluding tert-OH is 1. The first-order valence-corrected chi connectivity index (χ1v) is 11.4. The van der Waals surface area contributed by atoms with Crippen LogP contribution >= 0.6 is 23.5 Å². The molecule has 1 aliphatic rings. The lowest BCUT2D eigenvalue weighted by atomic mass is 10.1. The lowest BCUT2D eigenvalue weighted by molar-refractivity contribution is -0.138. The van der Waals surface area contributed by atoms with Crippen LogP contribution in [0.15, 0.2) is 74.7 Å². The van der Waals surface area contributed by atoms with Crippen LogP contribution in [0.3, 0.4) is 0 Å². The van der Waals surface area contributed by atoms with Crippen molar-refractivity contribution in [2.24, 2.45) is 4.99 Å². The van der Waals surface area contributed by atoms with Gasteiger partial charge in [0.1, 0.15) is 22.1 Å². The smallest absolute Gasteiger partial charge is 0.344 e. The van der Waals surface area contributed by atoms with E-state index in [-0.39, 0.29) is 23.0 Å². The third kappa shape index (κ3) is 5.39. The van der Waals surface area contributed by atoms with Crippen LogP contribution in [-0.4, -0.2) is 42.0 Å². The van der Waals surface area contributed by atoms with Gasteiger partial charge in [-0.15, -0.1) is 11.8 Å². The van der Waals surface area contributed by atoms with Crippen molar-refractivity contribution < 1.29 is 24.2 Å². The summed E-state index contributed by atoms with van der Waals surface area (Å²) in [5.41, 5.74) is 1.07. The number of nitrogens with zero attached hydrogens (tertiary/aromatic N) is 1. The summed E-state index contributed by atoms with van der Waals surface area (Å²) >= 11 is 2.68. The third-order valence-electron chi connectivity index (χ3n) is 4.32. The molecule has 1 amide bonds. The van der Waals surface area contributed by atoms with Gasteiger partial charge < -0.3 is 14.6 Å². The van der Waals surface area contributed by atoms with Crippen molar-refractivity contribution in [3.05, 3.63) is 75.9 Å². The van der Waals surface area contributed by atoms with Gasteiger partial charge in [-0.05, 0) is 61.2 Å². The Kier molecular flexibility index (Phi) is 7.59. The zero-order valence-electron chi connectivity index (χ0n) is 17.2. The minimum absolute atomic E-state index is 0.101. The zero-order valence-corrected chi connectivity index (χ0v) is 18.9. The van der Waals surface area contributed by atoms with Gasteiger partial charge in [0.15, 0.2) is 0 Å². The van der Waals surface area contributed by atoms with Gasteiger partial charge in [0, 0.05) is 10.5 Å². The SMILES string of the molecule is CCOC(=O)C1=C(O)/C(=C/c2ccc(SC)cc2)SC1=NC(=O)c1ccc(OC)cc1. The van der Waals surface area contributed by atoms with Gasteiger partial charge in [0.2, 0.25) is 0 Å². The fourth-order valence-electron chi connectivity index (χ4n) is 2.73. The third-order valence-corrected chi connectivity index (χ3v) is 6.09. The largest absolute Gasteiger partial charge is 0.506 e. The van der Waals surface area contributed by atoms with E-state index in [4.69, 9.17) is 9.47 Å². The molecular formula is C23H21NO5S2. The van der Waals surface area contributed by atoms with Gasteiger partial charge in [-0.3, -0.25) is 4.79 Å². The molecular weight excluding hydrogens is 434 g/mol. The minimum Gasteiger partial charge on any atom is -0.506 e. The Balaban J connectivity index is 1.96. The number of thioether (sulfide) groups is 2. The Morgan fingerprint density at radius 2 is 1.81 bits per heavy atom. The Morgan fingerprint density at radius 1 is 1.13 bits per heavy atom. The maximum Gasteiger partial charge on any atom is 0.344 e. The number of benzene rings is 2. The average molecular weight is 456 g/mol. The summed E-state index contributed by atoms with van der Waals surface area (Å²) in [4.78, 5) is 30.7. The number of aliphatic hydroxyl groups is 1. The standard InChI is InChI=1S/C23H21NO5S2/c1-4-29-23(27)19-20(25)18(13-14-5-11-17(30-3)12-6-14)31-22(19)24-21(26)15-7-9-16(28-2)10-8-15/h5-13,25H,4H2,1-3H3/b18-13-,24-22?. The normalized spacial score (nSPS) is 16.1. The van der Waals surface area contributed by atoms with Crippen LogP contribution in [0.25, 0.3) is 6.08 Å². The molecule has 0 aliphatic carbocycles. The van der Waals surface area contributed by atoms with Crippen molar-refractivity contribution in [1.29, 1.82) is 0 Å². The molecule has 6 nitrogen and oxygen atoms in total. The number of ether oxygens (including phenoxy) is 2. The monoisotopic (exact) mass is 455 g/mol. The lowest BCUT2D eigenvalue weighted by Gasteiger charge is -2.04. The highest BCUT2D eigenvalue weighted by Crippen LogP contribution is 2.39. The van der Waals surface area contributed by atoms with E-state index in [1.165, 1.54) is 7.11 Å². The second-order valence-corrected chi connectivity index (χ2v) is 8.19. The molecule has 0 saturated carbocycles. The van der Waals surface area contributed by atoms with Crippen LogP contribution in [0.5, 0.6) is 5.75 Å². The number of aliphatic imine (C=N–C) groups is 1. The van der Waals surface area contributed by atoms with Crippen molar-refractivity contribution >= 4 is 46.5 Å². The summed E-state index contributed by atoms with van der Waals surface area (Å²) in [5, 5.41) is 10.8. The molecule has 31 heavy (non-hydrogen) atoms. The Bertz CT molecular complexity index is 1070. The van der Waals surface area contributed by atoms with Crippen LogP contribution in [0.4, 0.5) is 0 Å². The molecule has 8 heteroatoms. The summed E-state index contributed by atoms with van der Waals surface area (Å²) in [7, 11) is 1.54. The van der Waals surface area contributed by atoms with Crippen molar-refractivity contribution in [2.45, 2.75) is 11.8 Å². The molecule has 0 saturated heterocycles. The molecule has 1 N–H and O–H groups in total. The van der Waals surface area contributed by atoms with E-state index in [2.05, 4.69) is 4.99 Å². The van der Waals surface area contributed by atoms with Crippen molar-refractivity contribution in [3.63, 3.8) is 0 Å². The number of rotatable bonds is 6. The molecule has 3 rings (SSSR count). The average Bonchev–Trinajstić information content (AvgIpc) is 3.09. The maximum atomic E-state index is 12.6. The molecule has 160 valence electrons. The van der Waals surface area contributed by atoms with Gasteiger partial charge >= 0.3 is 5.97 Å². The lowest BCUT2D eigenvalue weighted by Crippen LogP contribution is -2.14. The molecule has 0 radical (unpaired) electrons. The Morgan fingerprint density at radius 3 is 2.39 bits per heavy atom. The fourth-order valence-corrected chi connectivity index (χ4v) is 4.15. The molecule has 0 aromatic heterocycles. The van der Waals surface area contributed by atoms with Crippen LogP contribution < -0.4 is 4.74 Å². The quantitative estimate of drug-likeness (QED) is 0.478. The number of esters is 1. The topological polar surface area (TPSA) is 85.2 Å². The predicted molar refractivity (Wildman–Crippen MR) is 125 cm³/mol. The Labute approximate surface area is 189 Å². The summed E-state index contributed by atoms with van der Waals surface area (Å²) in [6.45, 7) is 1.80. The fraction of sp³-hybridized carbons (Fsp3) is 0.174. The highest BCUT2D eigenvalue weighted by Gasteiger charge is 2.33. The van der Waals surface area contributed by atoms with E-state index in [0.717, 1.165) is 22.2 Å². The first-order chi connectivity index (χ1) is 15.0. The van der Waals surface area contributed by atoms with Crippen molar-refractivity contribution in [3.8, 4) is 5.75 Å². The molecule has 2 aromatic carbocycles. The first-order valence-electron chi connectivity index (χ1n) is 9.38. The second-order valence-electron chi connectivity index (χ2n) is 6.28. The highest BCUT2D eigenvalue weighted by atomic mass is 32.2. The van der Waals surface area contributed by atoms with E-state index < -0.39 is 11.9 Å². The van der Waals surface area contributed by atoms with Crippen LogP contribution in [-0.2, 0) is 9.53 Å². The molecule has 0 fully saturated rings. The van der Waals surface area contributed by atoms with Gasteiger partial charge in [-0.1, -0.05) is 23.9 Å². The minimum atomic E-state index is -0.727. The summed E-state index contributed by atoms with van der Waals surface area (Å²) in [6.07, 6.45) is 3.73. The summed E-state index contributed by atoms with van der Waals surface area (Å²) in [6, 6.07) is 14.2. The maximum absolute atomic E-state index is 12.6. The van der Waals surface area contributed by atoms with Crippen LogP contribution in [0.1, 0.15) is 22.8 Å². The highest BCUT2D eigenvalue weighted by molar-refractivity contribution is 8.18. The number of carbonyl (C=O) groups is 2. The predicted octanol–water partition coefficient (Wildman–Crippen LogP) is 5.12. The number of hydrogen-bond acceptors (Lipinski definition) is 7.